The lowest BCUT2D eigenvalue weighted by molar-refractivity contribution is -0.114. The molecule has 2 aliphatic heterocycles. The molecule has 0 fully saturated rings. The number of benzene rings is 2. The highest BCUT2D eigenvalue weighted by atomic mass is 32.2. The van der Waals surface area contributed by atoms with Crippen molar-refractivity contribution in [3.05, 3.63) is 94.3 Å². The molecule has 0 aliphatic carbocycles. The maximum absolute atomic E-state index is 12.8. The first-order valence-electron chi connectivity index (χ1n) is 10.7. The highest BCUT2D eigenvalue weighted by Gasteiger charge is 2.35. The highest BCUT2D eigenvalue weighted by molar-refractivity contribution is 8.26. The van der Waals surface area contributed by atoms with Crippen molar-refractivity contribution in [2.45, 2.75) is 27.2 Å². The van der Waals surface area contributed by atoms with Crippen LogP contribution < -0.4 is 0 Å². The zero-order valence-electron chi connectivity index (χ0n) is 18.7. The second-order valence-electron chi connectivity index (χ2n) is 8.17. The van der Waals surface area contributed by atoms with Gasteiger partial charge >= 0.3 is 0 Å². The molecule has 0 spiro atoms. The molecule has 33 heavy (non-hydrogen) atoms. The molecule has 0 saturated carbocycles. The second kappa shape index (κ2) is 8.33. The van der Waals surface area contributed by atoms with Crippen LogP contribution in [-0.2, 0) is 11.2 Å². The van der Waals surface area contributed by atoms with Crippen LogP contribution in [0.15, 0.2) is 76.3 Å². The third-order valence-electron chi connectivity index (χ3n) is 5.76. The Kier molecular flexibility index (Phi) is 5.34. The van der Waals surface area contributed by atoms with Crippen molar-refractivity contribution in [1.82, 2.24) is 9.58 Å². The Morgan fingerprint density at radius 1 is 1.03 bits per heavy atom. The van der Waals surface area contributed by atoms with Crippen molar-refractivity contribution in [3.8, 4) is 5.69 Å². The summed E-state index contributed by atoms with van der Waals surface area (Å²) in [6.45, 7) is 6.12. The molecule has 0 bridgehead atoms. The lowest BCUT2D eigenvalue weighted by Gasteiger charge is -2.20. The maximum atomic E-state index is 12.8. The van der Waals surface area contributed by atoms with Crippen molar-refractivity contribution < 1.29 is 4.79 Å². The number of aliphatic imine (C=N–C) groups is 1. The summed E-state index contributed by atoms with van der Waals surface area (Å²) in [7, 11) is 0. The van der Waals surface area contributed by atoms with E-state index in [1.54, 1.807) is 6.08 Å². The number of aryl methyl sites for hydroxylation is 2. The highest BCUT2D eigenvalue weighted by Crippen LogP contribution is 2.31. The molecule has 1 N–H and O–H groups in total. The molecule has 7 heteroatoms. The molecule has 1 amide bonds. The summed E-state index contributed by atoms with van der Waals surface area (Å²) in [5.74, 6) is -0.351. The van der Waals surface area contributed by atoms with Crippen LogP contribution in [-0.4, -0.2) is 31.5 Å². The van der Waals surface area contributed by atoms with E-state index in [4.69, 9.17) is 5.41 Å². The quantitative estimate of drug-likeness (QED) is 0.547. The van der Waals surface area contributed by atoms with E-state index >= 15 is 0 Å². The number of amides is 1. The molecule has 3 aromatic rings. The number of aromatic nitrogens is 1. The summed E-state index contributed by atoms with van der Waals surface area (Å²) in [4.78, 5) is 17.1. The van der Waals surface area contributed by atoms with Gasteiger partial charge in [0.05, 0.1) is 5.57 Å². The Hall–Kier alpha value is -3.71. The van der Waals surface area contributed by atoms with Crippen LogP contribution in [0.4, 0.5) is 0 Å². The van der Waals surface area contributed by atoms with Gasteiger partial charge in [0.25, 0.3) is 5.91 Å². The number of nitrogens with one attached hydrogen (secondary N) is 1. The first-order chi connectivity index (χ1) is 15.9. The summed E-state index contributed by atoms with van der Waals surface area (Å²) in [5.41, 5.74) is 6.59. The van der Waals surface area contributed by atoms with E-state index in [-0.39, 0.29) is 11.4 Å². The molecule has 2 aliphatic rings. The minimum atomic E-state index is -0.407. The monoisotopic (exact) mass is 453 g/mol. The Morgan fingerprint density at radius 3 is 2.48 bits per heavy atom. The molecular weight excluding hydrogens is 430 g/mol. The first kappa shape index (κ1) is 21.2. The van der Waals surface area contributed by atoms with E-state index in [2.05, 4.69) is 45.9 Å². The molecule has 0 radical (unpaired) electrons. The first-order valence-corrected chi connectivity index (χ1v) is 11.5. The number of hydrogen-bond acceptors (Lipinski definition) is 4. The van der Waals surface area contributed by atoms with Crippen molar-refractivity contribution in [2.75, 3.05) is 0 Å². The predicted molar refractivity (Wildman–Crippen MR) is 135 cm³/mol. The van der Waals surface area contributed by atoms with Gasteiger partial charge in [-0.15, -0.1) is 0 Å². The van der Waals surface area contributed by atoms with Gasteiger partial charge in [-0.2, -0.15) is 15.1 Å². The van der Waals surface area contributed by atoms with Gasteiger partial charge < -0.3 is 4.57 Å². The molecule has 0 saturated heterocycles. The fourth-order valence-corrected chi connectivity index (χ4v) is 4.97. The number of amidine groups is 2. The molecule has 1 aromatic heterocycles. The molecule has 5 rings (SSSR count). The standard InChI is InChI=1S/C26H23N5OS/c1-16-9-11-21(12-10-16)30-17(2)13-20(18(30)3)15-22-24(27)31-26(28-25(22)32)33-23(29-31)14-19-7-5-4-6-8-19/h4-13,15,27H,14H2,1-3H3/b22-15-,27-24?. The summed E-state index contributed by atoms with van der Waals surface area (Å²) in [6, 6.07) is 20.4. The van der Waals surface area contributed by atoms with E-state index in [1.807, 2.05) is 50.2 Å². The summed E-state index contributed by atoms with van der Waals surface area (Å²) in [6.07, 6.45) is 2.40. The fourth-order valence-electron chi connectivity index (χ4n) is 4.05. The number of nitrogens with zero attached hydrogens (tertiary/aromatic N) is 4. The van der Waals surface area contributed by atoms with E-state index in [9.17, 15) is 4.79 Å². The van der Waals surface area contributed by atoms with Gasteiger partial charge in [-0.05, 0) is 67.9 Å². The predicted octanol–water partition coefficient (Wildman–Crippen LogP) is 5.26. The van der Waals surface area contributed by atoms with Crippen LogP contribution >= 0.6 is 11.8 Å². The zero-order valence-corrected chi connectivity index (χ0v) is 19.5. The van der Waals surface area contributed by atoms with Crippen LogP contribution in [0.1, 0.15) is 28.1 Å². The molecule has 2 aromatic carbocycles. The molecule has 0 unspecified atom stereocenters. The minimum Gasteiger partial charge on any atom is -0.318 e. The number of hydrogen-bond donors (Lipinski definition) is 1. The largest absolute Gasteiger partial charge is 0.318 e. The number of carbonyl (C=O) groups excluding carboxylic acids is 1. The van der Waals surface area contributed by atoms with Gasteiger partial charge in [0.2, 0.25) is 5.17 Å². The Morgan fingerprint density at radius 2 is 1.76 bits per heavy atom. The number of hydrazone groups is 1. The van der Waals surface area contributed by atoms with Gasteiger partial charge in [0.1, 0.15) is 5.04 Å². The van der Waals surface area contributed by atoms with Crippen molar-refractivity contribution in [2.24, 2.45) is 10.1 Å². The minimum absolute atomic E-state index is 0.0562. The van der Waals surface area contributed by atoms with Gasteiger partial charge in [-0.3, -0.25) is 10.2 Å². The molecule has 164 valence electrons. The normalized spacial score (nSPS) is 16.8. The zero-order chi connectivity index (χ0) is 23.1. The van der Waals surface area contributed by atoms with Gasteiger partial charge in [-0.1, -0.05) is 48.0 Å². The van der Waals surface area contributed by atoms with Crippen molar-refractivity contribution in [3.63, 3.8) is 0 Å². The van der Waals surface area contributed by atoms with Gasteiger partial charge in [0, 0.05) is 23.5 Å². The average molecular weight is 454 g/mol. The van der Waals surface area contributed by atoms with Crippen LogP contribution in [0.5, 0.6) is 0 Å². The molecule has 3 heterocycles. The summed E-state index contributed by atoms with van der Waals surface area (Å²) >= 11 is 1.35. The Labute approximate surface area is 196 Å². The summed E-state index contributed by atoms with van der Waals surface area (Å²) in [5, 5.41) is 16.0. The number of thioether (sulfide) groups is 1. The molecule has 0 atom stereocenters. The number of fused-ring (bicyclic) bond motifs is 1. The topological polar surface area (TPSA) is 73.8 Å². The number of rotatable bonds is 4. The van der Waals surface area contributed by atoms with Crippen molar-refractivity contribution in [1.29, 1.82) is 5.41 Å². The van der Waals surface area contributed by atoms with Crippen LogP contribution in [0.3, 0.4) is 0 Å². The molecule has 6 nitrogen and oxygen atoms in total. The van der Waals surface area contributed by atoms with E-state index in [0.29, 0.717) is 11.6 Å². The van der Waals surface area contributed by atoms with Crippen LogP contribution in [0.2, 0.25) is 0 Å². The van der Waals surface area contributed by atoms with E-state index in [0.717, 1.165) is 33.2 Å². The van der Waals surface area contributed by atoms with E-state index < -0.39 is 5.91 Å². The van der Waals surface area contributed by atoms with Crippen LogP contribution in [0, 0.1) is 26.2 Å². The van der Waals surface area contributed by atoms with E-state index in [1.165, 1.54) is 22.3 Å². The van der Waals surface area contributed by atoms with Gasteiger partial charge in [-0.25, -0.2) is 0 Å². The van der Waals surface area contributed by atoms with Crippen molar-refractivity contribution >= 4 is 39.8 Å². The molecular formula is C26H23N5OS. The fraction of sp³-hybridized carbons (Fsp3) is 0.154. The third kappa shape index (κ3) is 3.96. The Bertz CT molecular complexity index is 1360. The maximum Gasteiger partial charge on any atom is 0.283 e. The Balaban J connectivity index is 1.46. The lowest BCUT2D eigenvalue weighted by Crippen LogP contribution is -2.35. The SMILES string of the molecule is Cc1ccc(-n2c(C)cc(/C=C3/C(=N)N4N=C(Cc5ccccc5)SC4=NC3=O)c2C)cc1. The van der Waals surface area contributed by atoms with Gasteiger partial charge in [0.15, 0.2) is 5.84 Å². The lowest BCUT2D eigenvalue weighted by atomic mass is 10.1. The summed E-state index contributed by atoms with van der Waals surface area (Å²) < 4.78 is 2.15. The smallest absolute Gasteiger partial charge is 0.283 e. The third-order valence-corrected chi connectivity index (χ3v) is 6.67. The second-order valence-corrected chi connectivity index (χ2v) is 9.21. The van der Waals surface area contributed by atoms with Crippen LogP contribution in [0.25, 0.3) is 11.8 Å². The average Bonchev–Trinajstić information content (AvgIpc) is 3.32. The number of carbonyl (C=O) groups is 1.